The third-order valence-electron chi connectivity index (χ3n) is 13.4. The molecule has 2 heterocycles. The van der Waals surface area contributed by atoms with Crippen molar-refractivity contribution in [2.75, 3.05) is 19.8 Å². The molecule has 7 aromatic carbocycles. The highest BCUT2D eigenvalue weighted by molar-refractivity contribution is 5.91. The van der Waals surface area contributed by atoms with Gasteiger partial charge < -0.3 is 52.1 Å². The van der Waals surface area contributed by atoms with Gasteiger partial charge in [-0.05, 0) is 71.5 Å². The van der Waals surface area contributed by atoms with Crippen LogP contribution in [-0.4, -0.2) is 99.1 Å². The van der Waals surface area contributed by atoms with E-state index in [9.17, 15) is 14.4 Å². The van der Waals surface area contributed by atoms with Gasteiger partial charge in [-0.15, -0.1) is 6.58 Å². The molecule has 7 aromatic rings. The van der Waals surface area contributed by atoms with Crippen molar-refractivity contribution >= 4 is 17.9 Å². The average Bonchev–Trinajstić information content (AvgIpc) is 3.53. The van der Waals surface area contributed by atoms with E-state index in [-0.39, 0.29) is 62.9 Å². The number of allylic oxidation sites excluding steroid dienone is 1. The second-order valence-corrected chi connectivity index (χ2v) is 19.2. The Kier molecular flexibility index (Phi) is 21.5. The predicted molar refractivity (Wildman–Crippen MR) is 297 cm³/mol. The van der Waals surface area contributed by atoms with Gasteiger partial charge in [-0.2, -0.15) is 0 Å². The molecule has 14 nitrogen and oxygen atoms in total. The summed E-state index contributed by atoms with van der Waals surface area (Å²) in [5.41, 5.74) is 4.28. The molecule has 414 valence electrons. The number of unbranched alkanes of at least 4 members (excludes halogenated alkanes) is 1. The zero-order valence-corrected chi connectivity index (χ0v) is 44.3. The normalized spacial score (nSPS) is 22.6. The van der Waals surface area contributed by atoms with Crippen molar-refractivity contribution in [3.8, 4) is 0 Å². The molecule has 14 heteroatoms. The summed E-state index contributed by atoms with van der Waals surface area (Å²) in [6, 6.07) is 64.1. The van der Waals surface area contributed by atoms with Gasteiger partial charge in [-0.3, -0.25) is 0 Å². The lowest BCUT2D eigenvalue weighted by Gasteiger charge is -2.47. The lowest BCUT2D eigenvalue weighted by atomic mass is 9.96. The summed E-state index contributed by atoms with van der Waals surface area (Å²) in [6.07, 6.45) is -9.00. The van der Waals surface area contributed by atoms with Gasteiger partial charge in [0.2, 0.25) is 0 Å². The van der Waals surface area contributed by atoms with Crippen LogP contribution in [0.25, 0.3) is 0 Å². The molecule has 0 N–H and O–H groups in total. The van der Waals surface area contributed by atoms with Gasteiger partial charge in [0.05, 0.1) is 62.9 Å². The van der Waals surface area contributed by atoms with Gasteiger partial charge in [0.25, 0.3) is 0 Å². The largest absolute Gasteiger partial charge is 0.452 e. The molecular formula is C66H66O14. The molecule has 0 bridgehead atoms. The van der Waals surface area contributed by atoms with Gasteiger partial charge in [0, 0.05) is 0 Å². The van der Waals surface area contributed by atoms with Crippen molar-refractivity contribution < 1.29 is 66.5 Å². The van der Waals surface area contributed by atoms with E-state index in [2.05, 4.69) is 6.58 Å². The Labute approximate surface area is 467 Å². The fourth-order valence-electron chi connectivity index (χ4n) is 9.34. The van der Waals surface area contributed by atoms with Gasteiger partial charge in [-0.1, -0.05) is 182 Å². The predicted octanol–water partition coefficient (Wildman–Crippen LogP) is 11.1. The first-order valence-electron chi connectivity index (χ1n) is 26.9. The molecule has 0 aliphatic carbocycles. The van der Waals surface area contributed by atoms with Gasteiger partial charge >= 0.3 is 17.9 Å². The molecular weight excluding hydrogens is 1020 g/mol. The number of hydrogen-bond donors (Lipinski definition) is 0. The summed E-state index contributed by atoms with van der Waals surface area (Å²) in [4.78, 5) is 42.9. The summed E-state index contributed by atoms with van der Waals surface area (Å²) in [7, 11) is 0. The monoisotopic (exact) mass is 1080 g/mol. The van der Waals surface area contributed by atoms with E-state index >= 15 is 0 Å². The first kappa shape index (κ1) is 57.1. The van der Waals surface area contributed by atoms with E-state index in [0.717, 1.165) is 22.3 Å². The van der Waals surface area contributed by atoms with Crippen molar-refractivity contribution in [2.45, 2.75) is 101 Å². The van der Waals surface area contributed by atoms with Crippen LogP contribution >= 0.6 is 0 Å². The summed E-state index contributed by atoms with van der Waals surface area (Å²) < 4.78 is 73.6. The molecule has 0 saturated carbocycles. The standard InChI is InChI=1S/C66H66O14/c1-2-3-25-40-71-66-61(80-64(69)53-38-23-10-24-39-53)59(79-63(68)52-36-21-9-22-37-52)57(78-62(67)51-34-19-8-20-35-51)55(77-66)46-75-65-60(74-44-50-32-17-7-18-33-50)58(73-43-49-30-15-6-16-31-49)56(72-42-48-28-13-5-14-29-48)54(76-65)45-70-41-47-26-11-4-12-27-47/h2,4-24,26-39,54-61,65-66H,1,3,25,40-46H2. The number of hydrogen-bond acceptors (Lipinski definition) is 14. The molecule has 2 saturated heterocycles. The Morgan fingerprint density at radius 2 is 0.738 bits per heavy atom. The molecule has 0 amide bonds. The Morgan fingerprint density at radius 3 is 1.19 bits per heavy atom. The maximum Gasteiger partial charge on any atom is 0.338 e. The van der Waals surface area contributed by atoms with Crippen LogP contribution in [0.4, 0.5) is 0 Å². The van der Waals surface area contributed by atoms with Crippen LogP contribution in [0.3, 0.4) is 0 Å². The summed E-state index contributed by atoms with van der Waals surface area (Å²) in [5, 5.41) is 0. The minimum atomic E-state index is -1.54. The van der Waals surface area contributed by atoms with Gasteiger partial charge in [0.15, 0.2) is 30.9 Å². The van der Waals surface area contributed by atoms with E-state index in [0.29, 0.717) is 12.8 Å². The number of benzene rings is 7. The van der Waals surface area contributed by atoms with E-state index in [1.54, 1.807) is 97.1 Å². The fraction of sp³-hybridized carbons (Fsp3) is 0.288. The maximum atomic E-state index is 14.4. The van der Waals surface area contributed by atoms with Gasteiger partial charge in [0.1, 0.15) is 30.5 Å². The highest BCUT2D eigenvalue weighted by Gasteiger charge is 2.55. The first-order chi connectivity index (χ1) is 39.4. The zero-order chi connectivity index (χ0) is 55.1. The van der Waals surface area contributed by atoms with E-state index in [1.807, 2.05) is 121 Å². The minimum absolute atomic E-state index is 0.0502. The second kappa shape index (κ2) is 30.1. The molecule has 2 fully saturated rings. The highest BCUT2D eigenvalue weighted by atomic mass is 16.8. The quantitative estimate of drug-likeness (QED) is 0.0208. The maximum absolute atomic E-state index is 14.4. The van der Waals surface area contributed by atoms with Gasteiger partial charge in [-0.25, -0.2) is 14.4 Å². The van der Waals surface area contributed by atoms with Crippen molar-refractivity contribution in [2.24, 2.45) is 0 Å². The summed E-state index contributed by atoms with van der Waals surface area (Å²) >= 11 is 0. The van der Waals surface area contributed by atoms with E-state index in [4.69, 9.17) is 52.1 Å². The number of carbonyl (C=O) groups excluding carboxylic acids is 3. The third kappa shape index (κ3) is 16.2. The van der Waals surface area contributed by atoms with Crippen LogP contribution in [0, 0.1) is 0 Å². The number of esters is 3. The Balaban J connectivity index is 1.10. The van der Waals surface area contributed by atoms with E-state index in [1.165, 1.54) is 0 Å². The average molecular weight is 1080 g/mol. The Hall–Kier alpha value is -7.63. The fourth-order valence-corrected chi connectivity index (χ4v) is 9.34. The molecule has 2 aliphatic heterocycles. The Bertz CT molecular complexity index is 2940. The second-order valence-electron chi connectivity index (χ2n) is 19.2. The van der Waals surface area contributed by atoms with Crippen LogP contribution in [0.15, 0.2) is 225 Å². The van der Waals surface area contributed by atoms with Crippen LogP contribution in [0.2, 0.25) is 0 Å². The molecule has 10 unspecified atom stereocenters. The lowest BCUT2D eigenvalue weighted by Crippen LogP contribution is -2.64. The number of carbonyl (C=O) groups is 3. The highest BCUT2D eigenvalue weighted by Crippen LogP contribution is 2.35. The SMILES string of the molecule is C=CCCCOC1OC(COC2OC(COCc3ccccc3)C(OCc3ccccc3)C(OCc3ccccc3)C2OCc2ccccc2)C(OC(=O)c2ccccc2)C(OC(=O)c2ccccc2)C1OC(=O)c1ccccc1. The molecule has 0 aromatic heterocycles. The van der Waals surface area contributed by atoms with Crippen molar-refractivity contribution in [3.05, 3.63) is 264 Å². The molecule has 0 spiro atoms. The van der Waals surface area contributed by atoms with Crippen LogP contribution in [-0.2, 0) is 78.5 Å². The third-order valence-corrected chi connectivity index (χ3v) is 13.4. The smallest absolute Gasteiger partial charge is 0.338 e. The van der Waals surface area contributed by atoms with Crippen molar-refractivity contribution in [3.63, 3.8) is 0 Å². The topological polar surface area (TPSA) is 153 Å². The number of ether oxygens (including phenoxy) is 11. The number of rotatable bonds is 27. The molecule has 9 rings (SSSR count). The molecule has 10 atom stereocenters. The van der Waals surface area contributed by atoms with Crippen LogP contribution in [0.1, 0.15) is 66.2 Å². The molecule has 2 aliphatic rings. The zero-order valence-electron chi connectivity index (χ0n) is 44.3. The minimum Gasteiger partial charge on any atom is -0.452 e. The van der Waals surface area contributed by atoms with Crippen molar-refractivity contribution in [1.82, 2.24) is 0 Å². The molecule has 0 radical (unpaired) electrons. The Morgan fingerprint density at radius 1 is 0.375 bits per heavy atom. The molecule has 80 heavy (non-hydrogen) atoms. The van der Waals surface area contributed by atoms with E-state index < -0.39 is 79.3 Å². The van der Waals surface area contributed by atoms with Crippen molar-refractivity contribution in [1.29, 1.82) is 0 Å². The first-order valence-corrected chi connectivity index (χ1v) is 26.9. The summed E-state index contributed by atoms with van der Waals surface area (Å²) in [6.45, 7) is 4.44. The summed E-state index contributed by atoms with van der Waals surface area (Å²) in [5.74, 6) is -2.32. The van der Waals surface area contributed by atoms with Crippen LogP contribution < -0.4 is 0 Å². The lowest BCUT2D eigenvalue weighted by molar-refractivity contribution is -0.344. The van der Waals surface area contributed by atoms with Crippen LogP contribution in [0.5, 0.6) is 0 Å².